The number of rotatable bonds is 4. The van der Waals surface area contributed by atoms with Gasteiger partial charge in [-0.2, -0.15) is 0 Å². The first-order valence-electron chi connectivity index (χ1n) is 6.55. The summed E-state index contributed by atoms with van der Waals surface area (Å²) in [5.41, 5.74) is 1.10. The molecule has 2 heterocycles. The summed E-state index contributed by atoms with van der Waals surface area (Å²) >= 11 is 0. The molecule has 3 heteroatoms. The molecule has 16 heavy (non-hydrogen) atoms. The quantitative estimate of drug-likeness (QED) is 0.730. The summed E-state index contributed by atoms with van der Waals surface area (Å²) in [6.07, 6.45) is 2.72. The zero-order chi connectivity index (χ0) is 11.6. The monoisotopic (exact) mass is 227 g/mol. The Morgan fingerprint density at radius 3 is 2.19 bits per heavy atom. The average molecular weight is 227 g/mol. The molecule has 0 amide bonds. The Balaban J connectivity index is 0.000000457. The van der Waals surface area contributed by atoms with Crippen molar-refractivity contribution in [3.63, 3.8) is 0 Å². The van der Waals surface area contributed by atoms with Gasteiger partial charge in [0.15, 0.2) is 0 Å². The Morgan fingerprint density at radius 2 is 1.81 bits per heavy atom. The number of hydrogen-bond donors (Lipinski definition) is 0. The van der Waals surface area contributed by atoms with E-state index in [0.717, 1.165) is 19.8 Å². The molecule has 2 aliphatic heterocycles. The van der Waals surface area contributed by atoms with Crippen LogP contribution < -0.4 is 0 Å². The van der Waals surface area contributed by atoms with Crippen molar-refractivity contribution in [1.29, 1.82) is 0 Å². The molecule has 3 fully saturated rings. The van der Waals surface area contributed by atoms with E-state index in [0.29, 0.717) is 10.8 Å². The zero-order valence-corrected chi connectivity index (χ0v) is 10.9. The van der Waals surface area contributed by atoms with Gasteiger partial charge < -0.3 is 14.4 Å². The standard InChI is InChI=1S/C11H19NO2.C2H6/c1-13-7-10(2-3-10)4-12-5-11(6-12)8-14-9-11;1-2/h2-9H2,1H3;1-2H3. The Bertz CT molecular complexity index is 226. The summed E-state index contributed by atoms with van der Waals surface area (Å²) < 4.78 is 10.5. The maximum absolute atomic E-state index is 5.28. The summed E-state index contributed by atoms with van der Waals surface area (Å²) in [7, 11) is 1.82. The van der Waals surface area contributed by atoms with Crippen molar-refractivity contribution in [1.82, 2.24) is 4.90 Å². The lowest BCUT2D eigenvalue weighted by atomic mass is 9.77. The molecule has 0 unspecified atom stereocenters. The van der Waals surface area contributed by atoms with Crippen LogP contribution in [-0.4, -0.2) is 51.5 Å². The molecular formula is C13H25NO2. The smallest absolute Gasteiger partial charge is 0.0569 e. The van der Waals surface area contributed by atoms with Crippen molar-refractivity contribution >= 4 is 0 Å². The Hall–Kier alpha value is -0.120. The van der Waals surface area contributed by atoms with Gasteiger partial charge in [0.2, 0.25) is 0 Å². The zero-order valence-electron chi connectivity index (χ0n) is 10.9. The molecule has 3 rings (SSSR count). The molecule has 3 aliphatic rings. The minimum atomic E-state index is 0.529. The van der Waals surface area contributed by atoms with Crippen molar-refractivity contribution in [2.24, 2.45) is 10.8 Å². The van der Waals surface area contributed by atoms with E-state index < -0.39 is 0 Å². The van der Waals surface area contributed by atoms with Crippen LogP contribution in [0.5, 0.6) is 0 Å². The highest BCUT2D eigenvalue weighted by Gasteiger charge is 2.53. The van der Waals surface area contributed by atoms with Crippen LogP contribution >= 0.6 is 0 Å². The minimum absolute atomic E-state index is 0.529. The molecule has 1 saturated carbocycles. The predicted molar refractivity (Wildman–Crippen MR) is 64.6 cm³/mol. The van der Waals surface area contributed by atoms with Gasteiger partial charge in [0.05, 0.1) is 19.8 Å². The molecule has 1 aliphatic carbocycles. The van der Waals surface area contributed by atoms with Gasteiger partial charge in [-0.3, -0.25) is 0 Å². The van der Waals surface area contributed by atoms with Crippen LogP contribution in [0, 0.1) is 10.8 Å². The fourth-order valence-corrected chi connectivity index (χ4v) is 2.89. The van der Waals surface area contributed by atoms with Crippen molar-refractivity contribution in [3.8, 4) is 0 Å². The topological polar surface area (TPSA) is 21.7 Å². The van der Waals surface area contributed by atoms with E-state index in [1.165, 1.54) is 32.5 Å². The predicted octanol–water partition coefficient (Wildman–Crippen LogP) is 1.77. The number of methoxy groups -OCH3 is 1. The van der Waals surface area contributed by atoms with Gasteiger partial charge >= 0.3 is 0 Å². The first-order valence-corrected chi connectivity index (χ1v) is 6.55. The third kappa shape index (κ3) is 2.27. The van der Waals surface area contributed by atoms with Crippen molar-refractivity contribution in [2.75, 3.05) is 46.6 Å². The third-order valence-corrected chi connectivity index (χ3v) is 3.90. The van der Waals surface area contributed by atoms with E-state index >= 15 is 0 Å². The summed E-state index contributed by atoms with van der Waals surface area (Å²) in [4.78, 5) is 2.58. The normalized spacial score (nSPS) is 28.7. The molecule has 94 valence electrons. The Morgan fingerprint density at radius 1 is 1.19 bits per heavy atom. The highest BCUT2D eigenvalue weighted by molar-refractivity contribution is 5.04. The van der Waals surface area contributed by atoms with Crippen molar-refractivity contribution < 1.29 is 9.47 Å². The molecule has 0 aromatic rings. The molecule has 0 N–H and O–H groups in total. The summed E-state index contributed by atoms with van der Waals surface area (Å²) in [6, 6.07) is 0. The van der Waals surface area contributed by atoms with Crippen LogP contribution in [0.4, 0.5) is 0 Å². The second kappa shape index (κ2) is 4.63. The second-order valence-electron chi connectivity index (χ2n) is 5.57. The molecule has 2 saturated heterocycles. The lowest BCUT2D eigenvalue weighted by Gasteiger charge is -2.56. The molecular weight excluding hydrogens is 202 g/mol. The molecule has 1 spiro atoms. The largest absolute Gasteiger partial charge is 0.384 e. The van der Waals surface area contributed by atoms with Gasteiger partial charge in [0.25, 0.3) is 0 Å². The summed E-state index contributed by atoms with van der Waals surface area (Å²) in [6.45, 7) is 10.7. The van der Waals surface area contributed by atoms with Crippen LogP contribution in [0.25, 0.3) is 0 Å². The maximum Gasteiger partial charge on any atom is 0.0569 e. The second-order valence-corrected chi connectivity index (χ2v) is 5.57. The number of nitrogens with zero attached hydrogens (tertiary/aromatic N) is 1. The number of hydrogen-bond acceptors (Lipinski definition) is 3. The first-order chi connectivity index (χ1) is 7.76. The van der Waals surface area contributed by atoms with Gasteiger partial charge in [-0.15, -0.1) is 0 Å². The van der Waals surface area contributed by atoms with Crippen LogP contribution in [0.2, 0.25) is 0 Å². The van der Waals surface area contributed by atoms with Gasteiger partial charge in [-0.25, -0.2) is 0 Å². The van der Waals surface area contributed by atoms with E-state index in [1.54, 1.807) is 0 Å². The van der Waals surface area contributed by atoms with Crippen LogP contribution in [0.1, 0.15) is 26.7 Å². The van der Waals surface area contributed by atoms with Gasteiger partial charge in [-0.1, -0.05) is 13.8 Å². The van der Waals surface area contributed by atoms with Gasteiger partial charge in [0.1, 0.15) is 0 Å². The average Bonchev–Trinajstić information content (AvgIpc) is 2.92. The number of likely N-dealkylation sites (tertiary alicyclic amines) is 1. The van der Waals surface area contributed by atoms with E-state index in [-0.39, 0.29) is 0 Å². The number of ether oxygens (including phenoxy) is 2. The van der Waals surface area contributed by atoms with Crippen molar-refractivity contribution in [3.05, 3.63) is 0 Å². The van der Waals surface area contributed by atoms with Gasteiger partial charge in [0, 0.05) is 37.6 Å². The minimum Gasteiger partial charge on any atom is -0.384 e. The van der Waals surface area contributed by atoms with Gasteiger partial charge in [-0.05, 0) is 12.8 Å². The molecule has 0 aromatic carbocycles. The lowest BCUT2D eigenvalue weighted by molar-refractivity contribution is -0.192. The molecule has 0 atom stereocenters. The molecule has 0 bridgehead atoms. The van der Waals surface area contributed by atoms with E-state index in [9.17, 15) is 0 Å². The fourth-order valence-electron chi connectivity index (χ4n) is 2.89. The van der Waals surface area contributed by atoms with E-state index in [1.807, 2.05) is 21.0 Å². The Labute approximate surface area is 99.1 Å². The molecule has 0 aromatic heterocycles. The highest BCUT2D eigenvalue weighted by Crippen LogP contribution is 2.49. The maximum atomic E-state index is 5.28. The van der Waals surface area contributed by atoms with E-state index in [4.69, 9.17) is 9.47 Å². The highest BCUT2D eigenvalue weighted by atomic mass is 16.5. The summed E-state index contributed by atoms with van der Waals surface area (Å²) in [5.74, 6) is 0. The molecule has 3 nitrogen and oxygen atoms in total. The Kier molecular flexibility index (Phi) is 3.57. The first kappa shape index (κ1) is 12.3. The summed E-state index contributed by atoms with van der Waals surface area (Å²) in [5, 5.41) is 0. The lowest BCUT2D eigenvalue weighted by Crippen LogP contribution is -2.66. The molecule has 0 radical (unpaired) electrons. The van der Waals surface area contributed by atoms with Crippen LogP contribution in [-0.2, 0) is 9.47 Å². The third-order valence-electron chi connectivity index (χ3n) is 3.90. The van der Waals surface area contributed by atoms with Crippen molar-refractivity contribution in [2.45, 2.75) is 26.7 Å². The van der Waals surface area contributed by atoms with Crippen LogP contribution in [0.3, 0.4) is 0 Å². The SMILES string of the molecule is CC.COCC1(CN2CC3(COC3)C2)CC1. The van der Waals surface area contributed by atoms with E-state index in [2.05, 4.69) is 4.90 Å². The van der Waals surface area contributed by atoms with Crippen LogP contribution in [0.15, 0.2) is 0 Å². The fraction of sp³-hybridized carbons (Fsp3) is 1.00.